The molecule has 0 radical (unpaired) electrons. The molecule has 0 bridgehead atoms. The average molecular weight is 1260 g/mol. The molecule has 0 aromatic carbocycles. The molecule has 8 aromatic heterocycles. The molecule has 0 amide bonds. The molecule has 90 heavy (non-hydrogen) atoms. The van der Waals surface area contributed by atoms with Gasteiger partial charge in [0.05, 0.1) is 36.4 Å². The summed E-state index contributed by atoms with van der Waals surface area (Å²) in [4.78, 5) is 12.5. The summed E-state index contributed by atoms with van der Waals surface area (Å²) >= 11 is 0. The van der Waals surface area contributed by atoms with Crippen LogP contribution in [0.2, 0.25) is 0 Å². The third-order valence-electron chi connectivity index (χ3n) is 9.67. The molecule has 18 nitrogen and oxygen atoms in total. The predicted molar refractivity (Wildman–Crippen MR) is 392 cm³/mol. The van der Waals surface area contributed by atoms with Gasteiger partial charge in [-0.2, -0.15) is 40.5 Å². The molecule has 1 unspecified atom stereocenters. The Balaban J connectivity index is -0.000000113. The van der Waals surface area contributed by atoms with Crippen LogP contribution < -0.4 is 0 Å². The SMILES string of the molecule is CC.CC.CC.CC.CC.CC.CC.CC.CC.CC(C)C1C=CN=N1.CC(C)c1ccc[nH]1.CC(C)c1ccon1.CC(C)c1ncco1.CC(C)n1cccc1.CC(C)n1cccn1.CC(C)n1cccn1.CC(C)n1cncn1.CC(C)n1nccn1. The second-order valence-electron chi connectivity index (χ2n) is 19.0. The summed E-state index contributed by atoms with van der Waals surface area (Å²) in [5.74, 6) is 2.92. The van der Waals surface area contributed by atoms with Crippen LogP contribution in [0.15, 0.2) is 161 Å². The molecule has 1 atom stereocenters. The highest BCUT2D eigenvalue weighted by atomic mass is 16.5. The van der Waals surface area contributed by atoms with E-state index in [0.29, 0.717) is 59.9 Å². The second kappa shape index (κ2) is 78.1. The van der Waals surface area contributed by atoms with E-state index in [1.165, 1.54) is 5.69 Å². The Morgan fingerprint density at radius 3 is 1.10 bits per heavy atom. The molecule has 0 spiro atoms. The molecule has 0 saturated carbocycles. The smallest absolute Gasteiger partial charge is 0.196 e. The Bertz CT molecular complexity index is 1870. The van der Waals surface area contributed by atoms with Crippen molar-refractivity contribution in [3.8, 4) is 0 Å². The molecule has 0 saturated heterocycles. The highest BCUT2D eigenvalue weighted by molar-refractivity contribution is 5.07. The summed E-state index contributed by atoms with van der Waals surface area (Å²) in [6.45, 7) is 73.8. The molecule has 522 valence electrons. The van der Waals surface area contributed by atoms with Crippen LogP contribution in [0.3, 0.4) is 0 Å². The van der Waals surface area contributed by atoms with E-state index in [0.717, 1.165) is 11.6 Å². The van der Waals surface area contributed by atoms with Crippen LogP contribution in [0.5, 0.6) is 0 Å². The van der Waals surface area contributed by atoms with Crippen molar-refractivity contribution >= 4 is 0 Å². The third kappa shape index (κ3) is 61.3. The first-order valence-electron chi connectivity index (χ1n) is 34.0. The third-order valence-corrected chi connectivity index (χ3v) is 9.67. The van der Waals surface area contributed by atoms with Gasteiger partial charge in [-0.1, -0.05) is 185 Å². The van der Waals surface area contributed by atoms with Gasteiger partial charge in [0.25, 0.3) is 0 Å². The molecule has 0 fully saturated rings. The standard InChI is InChI=1S/2C7H11N.3C6H10N2.2C6H9NO.2C5H9N3.9C2H6/c1-7(2)8-5-3-4-6-8;1-6(2)7-4-3-5-8-7;2*1-6(2)8-5-3-4-7-8;1-5(2)6-3-4-7-8-6;1-5(2)6-7-3-4-8-6;1-5(2)6-3-4-8-7-6;1-5(2)8-4-6-3-7-8;1-5(2)8-6-3-4-7-8;9*1-2/h3-7H,1-2H3;3-6,8H,1-2H3;3*3-6H,1-2H3;4*3-5H,1-2H3;9*1-2H3. The van der Waals surface area contributed by atoms with Crippen molar-refractivity contribution in [2.45, 2.75) is 303 Å². The minimum Gasteiger partial charge on any atom is -0.449 e. The van der Waals surface area contributed by atoms with Gasteiger partial charge in [-0.05, 0) is 129 Å². The normalized spacial score (nSPS) is 10.3. The molecule has 1 aliphatic rings. The predicted octanol–water partition coefficient (Wildman–Crippen LogP) is 23.7. The minimum atomic E-state index is 0.343. The number of azo groups is 1. The maximum absolute atomic E-state index is 4.98. The first kappa shape index (κ1) is 102. The fourth-order valence-electron chi connectivity index (χ4n) is 5.22. The molecule has 8 aromatic rings. The van der Waals surface area contributed by atoms with Gasteiger partial charge in [-0.25, -0.2) is 9.97 Å². The Hall–Kier alpha value is -6.98. The summed E-state index contributed by atoms with van der Waals surface area (Å²) in [7, 11) is 0. The Morgan fingerprint density at radius 1 is 0.444 bits per heavy atom. The van der Waals surface area contributed by atoms with Crippen molar-refractivity contribution in [2.75, 3.05) is 0 Å². The Labute approximate surface area is 554 Å². The maximum Gasteiger partial charge on any atom is 0.196 e. The van der Waals surface area contributed by atoms with Crippen LogP contribution in [-0.2, 0) is 0 Å². The Kier molecular flexibility index (Phi) is 88.5. The van der Waals surface area contributed by atoms with Gasteiger partial charge < -0.3 is 18.5 Å². The average Bonchev–Trinajstić information content (AvgIpc) is 4.50. The lowest BCUT2D eigenvalue weighted by Gasteiger charge is -2.04. The number of hydrogen-bond acceptors (Lipinski definition) is 12. The van der Waals surface area contributed by atoms with Crippen molar-refractivity contribution in [3.63, 3.8) is 0 Å². The van der Waals surface area contributed by atoms with E-state index >= 15 is 0 Å². The van der Waals surface area contributed by atoms with Gasteiger partial charge in [0, 0.05) is 91.4 Å². The lowest BCUT2D eigenvalue weighted by Crippen LogP contribution is -2.05. The van der Waals surface area contributed by atoms with Crippen molar-refractivity contribution in [1.82, 2.24) is 69.0 Å². The number of H-pyrrole nitrogens is 1. The van der Waals surface area contributed by atoms with Gasteiger partial charge >= 0.3 is 0 Å². The van der Waals surface area contributed by atoms with Crippen LogP contribution in [0.25, 0.3) is 0 Å². The quantitative estimate of drug-likeness (QED) is 0.145. The first-order chi connectivity index (χ1) is 43.2. The minimum absolute atomic E-state index is 0.343. The molecular formula is C72H142N16O2. The van der Waals surface area contributed by atoms with E-state index in [1.807, 2.05) is 223 Å². The molecule has 0 aliphatic carbocycles. The molecule has 1 N–H and O–H groups in total. The van der Waals surface area contributed by atoms with Crippen LogP contribution in [0.4, 0.5) is 0 Å². The zero-order valence-electron chi connectivity index (χ0n) is 64.6. The van der Waals surface area contributed by atoms with Gasteiger partial charge in [0.1, 0.15) is 25.2 Å². The lowest BCUT2D eigenvalue weighted by molar-refractivity contribution is 0.408. The number of aromatic amines is 1. The number of aromatic nitrogens is 14. The fraction of sp³-hybridized carbons (Fsp3) is 0.639. The molecule has 1 aliphatic heterocycles. The van der Waals surface area contributed by atoms with Crippen molar-refractivity contribution < 1.29 is 8.94 Å². The number of nitrogens with one attached hydrogen (secondary N) is 1. The van der Waals surface area contributed by atoms with Crippen molar-refractivity contribution in [1.29, 1.82) is 0 Å². The fourth-order valence-corrected chi connectivity index (χ4v) is 5.22. The van der Waals surface area contributed by atoms with Crippen molar-refractivity contribution in [2.24, 2.45) is 16.1 Å². The molecule has 18 heteroatoms. The topological polar surface area (TPSA) is 195 Å². The van der Waals surface area contributed by atoms with E-state index in [9.17, 15) is 0 Å². The van der Waals surface area contributed by atoms with Gasteiger partial charge in [0.15, 0.2) is 5.89 Å². The van der Waals surface area contributed by atoms with E-state index < -0.39 is 0 Å². The molecule has 9 heterocycles. The zero-order valence-corrected chi connectivity index (χ0v) is 64.6. The number of oxazole rings is 1. The van der Waals surface area contributed by atoms with Crippen LogP contribution in [0, 0.1) is 5.92 Å². The lowest BCUT2D eigenvalue weighted by atomic mass is 10.1. The summed E-state index contributed by atoms with van der Waals surface area (Å²) in [6, 6.07) is 16.7. The summed E-state index contributed by atoms with van der Waals surface area (Å²) < 4.78 is 17.4. The number of nitrogens with zero attached hydrogens (tertiary/aromatic N) is 15. The zero-order chi connectivity index (χ0) is 71.8. The largest absolute Gasteiger partial charge is 0.449 e. The van der Waals surface area contributed by atoms with Gasteiger partial charge in [-0.15, -0.1) is 0 Å². The van der Waals surface area contributed by atoms with Gasteiger partial charge in [0.2, 0.25) is 0 Å². The van der Waals surface area contributed by atoms with E-state index in [-0.39, 0.29) is 0 Å². The molecule has 9 rings (SSSR count). The highest BCUT2D eigenvalue weighted by Gasteiger charge is 2.09. The van der Waals surface area contributed by atoms with Crippen LogP contribution in [0.1, 0.15) is 314 Å². The second-order valence-corrected chi connectivity index (χ2v) is 19.0. The molecular weight excluding hydrogens is 1120 g/mol. The van der Waals surface area contributed by atoms with E-state index in [2.05, 4.69) is 180 Å². The van der Waals surface area contributed by atoms with Crippen LogP contribution >= 0.6 is 0 Å². The van der Waals surface area contributed by atoms with E-state index in [4.69, 9.17) is 4.42 Å². The first-order valence-corrected chi connectivity index (χ1v) is 34.0. The Morgan fingerprint density at radius 2 is 0.922 bits per heavy atom. The number of rotatable bonds is 9. The van der Waals surface area contributed by atoms with Gasteiger partial charge in [-0.3, -0.25) is 14.0 Å². The maximum atomic E-state index is 4.98. The summed E-state index contributed by atoms with van der Waals surface area (Å²) in [5.41, 5.74) is 2.33. The summed E-state index contributed by atoms with van der Waals surface area (Å²) in [5, 5.41) is 31.2. The van der Waals surface area contributed by atoms with Crippen molar-refractivity contribution in [3.05, 3.63) is 159 Å². The van der Waals surface area contributed by atoms with Crippen LogP contribution in [-0.4, -0.2) is 75.1 Å². The number of hydrogen-bond donors (Lipinski definition) is 1. The monoisotopic (exact) mass is 1260 g/mol. The highest BCUT2D eigenvalue weighted by Crippen LogP contribution is 2.13. The van der Waals surface area contributed by atoms with E-state index in [1.54, 1.807) is 71.8 Å². The summed E-state index contributed by atoms with van der Waals surface area (Å²) in [6.07, 6.45) is 28.8.